The van der Waals surface area contributed by atoms with Gasteiger partial charge in [-0.1, -0.05) is 41.4 Å². The molecule has 0 aromatic heterocycles. The van der Waals surface area contributed by atoms with Crippen LogP contribution in [0.4, 0.5) is 4.39 Å². The molecule has 0 radical (unpaired) electrons. The van der Waals surface area contributed by atoms with Gasteiger partial charge in [-0.25, -0.2) is 4.39 Å². The molecule has 0 aliphatic heterocycles. The molecule has 2 aromatic carbocycles. The molecule has 2 rings (SSSR count). The van der Waals surface area contributed by atoms with Gasteiger partial charge in [-0.3, -0.25) is 10.2 Å². The highest BCUT2D eigenvalue weighted by Crippen LogP contribution is 2.24. The van der Waals surface area contributed by atoms with Crippen molar-refractivity contribution in [2.75, 3.05) is 0 Å². The Labute approximate surface area is 129 Å². The van der Waals surface area contributed by atoms with E-state index in [9.17, 15) is 9.18 Å². The van der Waals surface area contributed by atoms with Crippen molar-refractivity contribution in [3.63, 3.8) is 0 Å². The normalized spacial score (nSPS) is 10.3. The monoisotopic (exact) mass is 330 g/mol. The summed E-state index contributed by atoms with van der Waals surface area (Å²) in [5.74, 6) is -1.34. The second-order valence-electron chi connectivity index (χ2n) is 3.69. The van der Waals surface area contributed by atoms with Gasteiger partial charge in [0.25, 0.3) is 5.91 Å². The third kappa shape index (κ3) is 3.64. The van der Waals surface area contributed by atoms with Gasteiger partial charge in [-0.15, -0.1) is 0 Å². The van der Waals surface area contributed by atoms with Crippen molar-refractivity contribution in [3.8, 4) is 0 Å². The summed E-state index contributed by atoms with van der Waals surface area (Å²) in [6, 6.07) is 11.2. The fraction of sp³-hybridized carbons (Fsp3) is 0. The van der Waals surface area contributed by atoms with Crippen molar-refractivity contribution in [1.29, 1.82) is 0 Å². The lowest BCUT2D eigenvalue weighted by Crippen LogP contribution is -2.33. The quantitative estimate of drug-likeness (QED) is 0.655. The van der Waals surface area contributed by atoms with Gasteiger partial charge in [-0.2, -0.15) is 4.83 Å². The molecule has 0 aliphatic rings. The highest BCUT2D eigenvalue weighted by molar-refractivity contribution is 7.97. The van der Waals surface area contributed by atoms with Gasteiger partial charge in [0.05, 0.1) is 15.6 Å². The van der Waals surface area contributed by atoms with Gasteiger partial charge < -0.3 is 0 Å². The molecular formula is C13H9Cl2FN2OS. The van der Waals surface area contributed by atoms with E-state index in [1.807, 2.05) is 6.07 Å². The van der Waals surface area contributed by atoms with E-state index in [1.165, 1.54) is 18.2 Å². The predicted molar refractivity (Wildman–Crippen MR) is 79.3 cm³/mol. The molecule has 0 spiro atoms. The molecule has 0 bridgehead atoms. The van der Waals surface area contributed by atoms with Crippen molar-refractivity contribution in [2.45, 2.75) is 4.90 Å². The SMILES string of the molecule is O=C(NNSc1ccccc1Cl)c1c(F)cccc1Cl. The lowest BCUT2D eigenvalue weighted by atomic mass is 10.2. The first-order valence-corrected chi connectivity index (χ1v) is 7.07. The fourth-order valence-electron chi connectivity index (χ4n) is 1.43. The van der Waals surface area contributed by atoms with Crippen LogP contribution in [-0.2, 0) is 0 Å². The lowest BCUT2D eigenvalue weighted by Gasteiger charge is -2.09. The minimum absolute atomic E-state index is 0.0482. The summed E-state index contributed by atoms with van der Waals surface area (Å²) in [5.41, 5.74) is 2.14. The van der Waals surface area contributed by atoms with Crippen LogP contribution >= 0.6 is 35.1 Å². The van der Waals surface area contributed by atoms with Crippen molar-refractivity contribution < 1.29 is 9.18 Å². The predicted octanol–water partition coefficient (Wildman–Crippen LogP) is 4.07. The first-order valence-electron chi connectivity index (χ1n) is 5.50. The summed E-state index contributed by atoms with van der Waals surface area (Å²) in [4.78, 5) is 15.2. The Morgan fingerprint density at radius 1 is 1.05 bits per heavy atom. The van der Waals surface area contributed by atoms with Crippen LogP contribution in [0, 0.1) is 5.82 Å². The number of halogens is 3. The Kier molecular flexibility index (Phi) is 5.25. The molecule has 2 aromatic rings. The number of hydrogen-bond acceptors (Lipinski definition) is 3. The molecule has 0 saturated heterocycles. The van der Waals surface area contributed by atoms with Gasteiger partial charge in [0.1, 0.15) is 5.82 Å². The molecule has 7 heteroatoms. The molecule has 0 saturated carbocycles. The summed E-state index contributed by atoms with van der Waals surface area (Å²) in [6.45, 7) is 0. The van der Waals surface area contributed by atoms with Crippen LogP contribution in [0.1, 0.15) is 10.4 Å². The maximum atomic E-state index is 13.5. The van der Waals surface area contributed by atoms with Crippen LogP contribution in [0.25, 0.3) is 0 Å². The Balaban J connectivity index is 1.98. The van der Waals surface area contributed by atoms with E-state index in [-0.39, 0.29) is 10.6 Å². The smallest absolute Gasteiger partial charge is 0.270 e. The average molecular weight is 331 g/mol. The van der Waals surface area contributed by atoms with Crippen LogP contribution in [0.5, 0.6) is 0 Å². The van der Waals surface area contributed by atoms with Crippen LogP contribution in [-0.4, -0.2) is 5.91 Å². The molecule has 104 valence electrons. The number of rotatable bonds is 4. The highest BCUT2D eigenvalue weighted by Gasteiger charge is 2.15. The van der Waals surface area contributed by atoms with E-state index in [2.05, 4.69) is 10.3 Å². The van der Waals surface area contributed by atoms with Crippen molar-refractivity contribution in [3.05, 3.63) is 63.9 Å². The van der Waals surface area contributed by atoms with E-state index in [1.54, 1.807) is 18.2 Å². The van der Waals surface area contributed by atoms with E-state index in [0.29, 0.717) is 5.02 Å². The third-order valence-electron chi connectivity index (χ3n) is 2.35. The van der Waals surface area contributed by atoms with Crippen molar-refractivity contribution in [1.82, 2.24) is 10.3 Å². The fourth-order valence-corrected chi connectivity index (χ4v) is 2.50. The van der Waals surface area contributed by atoms with Crippen molar-refractivity contribution >= 4 is 41.1 Å². The van der Waals surface area contributed by atoms with Gasteiger partial charge in [0.2, 0.25) is 0 Å². The molecular weight excluding hydrogens is 322 g/mol. The average Bonchev–Trinajstić information content (AvgIpc) is 2.41. The van der Waals surface area contributed by atoms with E-state index >= 15 is 0 Å². The maximum absolute atomic E-state index is 13.5. The van der Waals surface area contributed by atoms with Crippen molar-refractivity contribution in [2.24, 2.45) is 0 Å². The van der Waals surface area contributed by atoms with Gasteiger partial charge in [-0.05, 0) is 36.2 Å². The van der Waals surface area contributed by atoms with E-state index in [4.69, 9.17) is 23.2 Å². The van der Waals surface area contributed by atoms with E-state index < -0.39 is 11.7 Å². The number of amides is 1. The number of hydrogen-bond donors (Lipinski definition) is 2. The number of carbonyl (C=O) groups excluding carboxylic acids is 1. The third-order valence-corrected chi connectivity index (χ3v) is 3.89. The Morgan fingerprint density at radius 3 is 2.45 bits per heavy atom. The second kappa shape index (κ2) is 6.95. The van der Waals surface area contributed by atoms with Gasteiger partial charge in [0.15, 0.2) is 0 Å². The highest BCUT2D eigenvalue weighted by atomic mass is 35.5. The maximum Gasteiger partial charge on any atom is 0.270 e. The largest absolute Gasteiger partial charge is 0.277 e. The van der Waals surface area contributed by atoms with Gasteiger partial charge >= 0.3 is 0 Å². The van der Waals surface area contributed by atoms with Crippen LogP contribution in [0.15, 0.2) is 47.4 Å². The number of carbonyl (C=O) groups is 1. The summed E-state index contributed by atoms with van der Waals surface area (Å²) in [7, 11) is 0. The molecule has 2 N–H and O–H groups in total. The first kappa shape index (κ1) is 15.1. The minimum Gasteiger partial charge on any atom is -0.277 e. The molecule has 3 nitrogen and oxygen atoms in total. The second-order valence-corrected chi connectivity index (χ2v) is 5.35. The zero-order valence-electron chi connectivity index (χ0n) is 9.99. The van der Waals surface area contributed by atoms with Crippen LogP contribution < -0.4 is 10.3 Å². The first-order chi connectivity index (χ1) is 9.59. The molecule has 0 atom stereocenters. The standard InChI is InChI=1S/C13H9Cl2FN2OS/c14-8-4-1-2-7-11(8)20-18-17-13(19)12-9(15)5-3-6-10(12)16/h1-7,18H,(H,17,19). The molecule has 0 unspecified atom stereocenters. The molecule has 0 heterocycles. The number of hydrazine groups is 1. The Hall–Kier alpha value is -1.27. The summed E-state index contributed by atoms with van der Waals surface area (Å²) < 4.78 is 13.5. The number of nitrogens with one attached hydrogen (secondary N) is 2. The van der Waals surface area contributed by atoms with Crippen LogP contribution in [0.2, 0.25) is 10.0 Å². The summed E-state index contributed by atoms with van der Waals surface area (Å²) in [6.07, 6.45) is 0. The molecule has 0 aliphatic carbocycles. The number of benzene rings is 2. The molecule has 20 heavy (non-hydrogen) atoms. The lowest BCUT2D eigenvalue weighted by molar-refractivity contribution is 0.0943. The zero-order chi connectivity index (χ0) is 14.5. The van der Waals surface area contributed by atoms with Gasteiger partial charge in [0, 0.05) is 4.90 Å². The zero-order valence-corrected chi connectivity index (χ0v) is 12.3. The Morgan fingerprint density at radius 2 is 1.75 bits per heavy atom. The minimum atomic E-state index is -0.681. The summed E-state index contributed by atoms with van der Waals surface area (Å²) in [5, 5.41) is 0.593. The summed E-state index contributed by atoms with van der Waals surface area (Å²) >= 11 is 12.8. The van der Waals surface area contributed by atoms with E-state index in [0.717, 1.165) is 16.8 Å². The Bertz CT molecular complexity index is 619. The topological polar surface area (TPSA) is 41.1 Å². The molecule has 0 fully saturated rings. The molecule has 1 amide bonds. The van der Waals surface area contributed by atoms with Crippen LogP contribution in [0.3, 0.4) is 0 Å².